The fourth-order valence-corrected chi connectivity index (χ4v) is 4.94. The van der Waals surface area contributed by atoms with Crippen LogP contribution in [0.3, 0.4) is 0 Å². The number of urea groups is 1. The number of likely N-dealkylation sites (tertiary alicyclic amines) is 1. The summed E-state index contributed by atoms with van der Waals surface area (Å²) in [7, 11) is 0. The number of benzene rings is 1. The Morgan fingerprint density at radius 2 is 2.10 bits per heavy atom. The third kappa shape index (κ3) is 4.37. The third-order valence-electron chi connectivity index (χ3n) is 6.60. The molecule has 31 heavy (non-hydrogen) atoms. The number of hydrogen-bond donors (Lipinski definition) is 1. The Hall–Kier alpha value is -2.67. The van der Waals surface area contributed by atoms with Crippen LogP contribution in [0.4, 0.5) is 9.18 Å². The normalized spacial score (nSPS) is 24.5. The Bertz CT molecular complexity index is 899. The number of carbonyl (C=O) groups is 2. The van der Waals surface area contributed by atoms with E-state index in [1.807, 2.05) is 4.90 Å². The van der Waals surface area contributed by atoms with E-state index >= 15 is 0 Å². The minimum Gasteiger partial charge on any atom is -0.333 e. The average Bonchev–Trinajstić information content (AvgIpc) is 3.07. The van der Waals surface area contributed by atoms with Crippen LogP contribution in [0.1, 0.15) is 44.2 Å². The largest absolute Gasteiger partial charge is 0.333 e. The molecule has 0 saturated carbocycles. The van der Waals surface area contributed by atoms with Crippen molar-refractivity contribution in [2.75, 3.05) is 32.7 Å². The van der Waals surface area contributed by atoms with Gasteiger partial charge in [-0.2, -0.15) is 0 Å². The molecule has 1 fully saturated rings. The number of hydrogen-bond acceptors (Lipinski definition) is 3. The third-order valence-corrected chi connectivity index (χ3v) is 6.60. The lowest BCUT2D eigenvalue weighted by atomic mass is 9.95. The lowest BCUT2D eigenvalue weighted by molar-refractivity contribution is -0.125. The number of piperidine rings is 1. The predicted octanol–water partition coefficient (Wildman–Crippen LogP) is 3.44. The number of nitrogens with one attached hydrogen (secondary N) is 1. The number of amides is 3. The number of rotatable bonds is 7. The van der Waals surface area contributed by atoms with Gasteiger partial charge < -0.3 is 15.1 Å². The van der Waals surface area contributed by atoms with Gasteiger partial charge in [-0.25, -0.2) is 9.18 Å². The Morgan fingerprint density at radius 3 is 2.84 bits per heavy atom. The molecule has 0 unspecified atom stereocenters. The van der Waals surface area contributed by atoms with Crippen LogP contribution in [0.15, 0.2) is 48.2 Å². The molecule has 0 aromatic heterocycles. The van der Waals surface area contributed by atoms with E-state index in [1.165, 1.54) is 31.4 Å². The summed E-state index contributed by atoms with van der Waals surface area (Å²) < 4.78 is 13.9. The SMILES string of the molecule is C=CCN1C(=O)N[C@@H](c2cccc(F)c2)C2=C1CN(CCCN1CCCC[C@H]1C)C2=O. The second-order valence-electron chi connectivity index (χ2n) is 8.66. The summed E-state index contributed by atoms with van der Waals surface area (Å²) >= 11 is 0. The molecule has 3 amide bonds. The van der Waals surface area contributed by atoms with Crippen molar-refractivity contribution in [3.63, 3.8) is 0 Å². The van der Waals surface area contributed by atoms with Crippen molar-refractivity contribution in [1.82, 2.24) is 20.0 Å². The highest BCUT2D eigenvalue weighted by molar-refractivity contribution is 6.01. The highest BCUT2D eigenvalue weighted by Crippen LogP contribution is 2.36. The molecular formula is C24H31FN4O2. The van der Waals surface area contributed by atoms with Crippen LogP contribution in [0.5, 0.6) is 0 Å². The fraction of sp³-hybridized carbons (Fsp3) is 0.500. The van der Waals surface area contributed by atoms with Crippen molar-refractivity contribution in [3.05, 3.63) is 59.6 Å². The first-order valence-electron chi connectivity index (χ1n) is 11.2. The molecule has 3 heterocycles. The fourth-order valence-electron chi connectivity index (χ4n) is 4.94. The molecule has 4 rings (SSSR count). The van der Waals surface area contributed by atoms with E-state index in [0.717, 1.165) is 19.5 Å². The van der Waals surface area contributed by atoms with Gasteiger partial charge in [0.25, 0.3) is 5.91 Å². The highest BCUT2D eigenvalue weighted by atomic mass is 19.1. The van der Waals surface area contributed by atoms with E-state index in [0.29, 0.717) is 42.5 Å². The molecule has 2 atom stereocenters. The summed E-state index contributed by atoms with van der Waals surface area (Å²) in [6.45, 7) is 9.47. The summed E-state index contributed by atoms with van der Waals surface area (Å²) in [4.78, 5) is 32.0. The molecule has 1 aromatic carbocycles. The first kappa shape index (κ1) is 21.6. The monoisotopic (exact) mass is 426 g/mol. The maximum absolute atomic E-state index is 13.9. The predicted molar refractivity (Wildman–Crippen MR) is 118 cm³/mol. The molecule has 1 saturated heterocycles. The van der Waals surface area contributed by atoms with E-state index < -0.39 is 6.04 Å². The van der Waals surface area contributed by atoms with Crippen molar-refractivity contribution in [2.24, 2.45) is 0 Å². The molecule has 6 nitrogen and oxygen atoms in total. The maximum Gasteiger partial charge on any atom is 0.322 e. The molecule has 3 aliphatic heterocycles. The van der Waals surface area contributed by atoms with Gasteiger partial charge in [-0.3, -0.25) is 9.69 Å². The summed E-state index contributed by atoms with van der Waals surface area (Å²) in [5, 5.41) is 2.89. The summed E-state index contributed by atoms with van der Waals surface area (Å²) in [5.74, 6) is -0.467. The van der Waals surface area contributed by atoms with Gasteiger partial charge in [0.15, 0.2) is 0 Å². The lowest BCUT2D eigenvalue weighted by Gasteiger charge is -2.33. The first-order chi connectivity index (χ1) is 15.0. The van der Waals surface area contributed by atoms with Gasteiger partial charge in [0, 0.05) is 25.7 Å². The Kier molecular flexibility index (Phi) is 6.41. The second-order valence-corrected chi connectivity index (χ2v) is 8.66. The van der Waals surface area contributed by atoms with E-state index in [4.69, 9.17) is 0 Å². The lowest BCUT2D eigenvalue weighted by Crippen LogP contribution is -2.47. The summed E-state index contributed by atoms with van der Waals surface area (Å²) in [5.41, 5.74) is 1.82. The first-order valence-corrected chi connectivity index (χ1v) is 11.2. The number of nitrogens with zero attached hydrogens (tertiary/aromatic N) is 3. The molecule has 1 N–H and O–H groups in total. The zero-order valence-corrected chi connectivity index (χ0v) is 18.1. The van der Waals surface area contributed by atoms with Crippen LogP contribution in [-0.2, 0) is 4.79 Å². The van der Waals surface area contributed by atoms with Crippen LogP contribution in [0, 0.1) is 5.82 Å². The van der Waals surface area contributed by atoms with Crippen LogP contribution in [-0.4, -0.2) is 65.4 Å². The topological polar surface area (TPSA) is 55.9 Å². The summed E-state index contributed by atoms with van der Waals surface area (Å²) in [6, 6.07) is 5.75. The quantitative estimate of drug-likeness (QED) is 0.680. The van der Waals surface area contributed by atoms with E-state index in [1.54, 1.807) is 23.1 Å². The van der Waals surface area contributed by atoms with E-state index in [2.05, 4.69) is 23.7 Å². The maximum atomic E-state index is 13.9. The molecule has 7 heteroatoms. The summed E-state index contributed by atoms with van der Waals surface area (Å²) in [6.07, 6.45) is 6.31. The zero-order chi connectivity index (χ0) is 22.0. The van der Waals surface area contributed by atoms with Gasteiger partial charge in [-0.15, -0.1) is 6.58 Å². The molecule has 0 aliphatic carbocycles. The van der Waals surface area contributed by atoms with Gasteiger partial charge in [0.2, 0.25) is 0 Å². The number of carbonyl (C=O) groups excluding carboxylic acids is 2. The minimum atomic E-state index is -0.640. The smallest absolute Gasteiger partial charge is 0.322 e. The van der Waals surface area contributed by atoms with Crippen molar-refractivity contribution < 1.29 is 14.0 Å². The molecule has 0 radical (unpaired) electrons. The van der Waals surface area contributed by atoms with Crippen LogP contribution in [0.25, 0.3) is 0 Å². The van der Waals surface area contributed by atoms with Crippen molar-refractivity contribution in [3.8, 4) is 0 Å². The van der Waals surface area contributed by atoms with Gasteiger partial charge >= 0.3 is 6.03 Å². The van der Waals surface area contributed by atoms with Crippen molar-refractivity contribution in [1.29, 1.82) is 0 Å². The van der Waals surface area contributed by atoms with Crippen LogP contribution >= 0.6 is 0 Å². The average molecular weight is 427 g/mol. The van der Waals surface area contributed by atoms with E-state index in [9.17, 15) is 14.0 Å². The molecule has 166 valence electrons. The Labute approximate surface area is 183 Å². The second kappa shape index (κ2) is 9.22. The zero-order valence-electron chi connectivity index (χ0n) is 18.1. The van der Waals surface area contributed by atoms with Gasteiger partial charge in [-0.1, -0.05) is 24.6 Å². The van der Waals surface area contributed by atoms with Crippen LogP contribution in [0.2, 0.25) is 0 Å². The molecule has 1 aromatic rings. The number of halogens is 1. The molecule has 3 aliphatic rings. The highest BCUT2D eigenvalue weighted by Gasteiger charge is 2.43. The molecular weight excluding hydrogens is 395 g/mol. The Balaban J connectivity index is 1.52. The Morgan fingerprint density at radius 1 is 1.26 bits per heavy atom. The van der Waals surface area contributed by atoms with Crippen molar-refractivity contribution in [2.45, 2.75) is 44.7 Å². The standard InChI is InChI=1S/C24H31FN4O2/c1-3-11-29-20-16-28(14-7-13-27-12-5-4-8-17(27)2)23(30)21(20)22(26-24(29)31)18-9-6-10-19(25)15-18/h3,6,9-10,15,17,22H,1,4-5,7-8,11-14,16H2,2H3,(H,26,31)/t17-,22+/m1/s1. The molecule has 0 spiro atoms. The van der Waals surface area contributed by atoms with Crippen LogP contribution < -0.4 is 5.32 Å². The molecule has 0 bridgehead atoms. The van der Waals surface area contributed by atoms with E-state index in [-0.39, 0.29) is 17.8 Å². The minimum absolute atomic E-state index is 0.0787. The van der Waals surface area contributed by atoms with Gasteiger partial charge in [-0.05, 0) is 50.4 Å². The van der Waals surface area contributed by atoms with Gasteiger partial charge in [0.05, 0.1) is 23.9 Å². The van der Waals surface area contributed by atoms with Crippen molar-refractivity contribution >= 4 is 11.9 Å². The van der Waals surface area contributed by atoms with Gasteiger partial charge in [0.1, 0.15) is 5.82 Å².